The van der Waals surface area contributed by atoms with E-state index in [-0.39, 0.29) is 29.5 Å². The van der Waals surface area contributed by atoms with Gasteiger partial charge in [0.2, 0.25) is 0 Å². The van der Waals surface area contributed by atoms with Gasteiger partial charge in [-0.3, -0.25) is 9.89 Å². The van der Waals surface area contributed by atoms with Crippen molar-refractivity contribution in [2.45, 2.75) is 57.0 Å². The molecule has 3 aliphatic rings. The lowest BCUT2D eigenvalue weighted by atomic mass is 9.88. The number of nitrogens with one attached hydrogen (secondary N) is 1. The molecule has 0 unspecified atom stereocenters. The highest BCUT2D eigenvalue weighted by molar-refractivity contribution is 14.0. The number of nitrogens with zero attached hydrogens (tertiary/aromatic N) is 4. The van der Waals surface area contributed by atoms with Crippen LogP contribution in [0.1, 0.15) is 50.5 Å². The number of benzene rings is 1. The van der Waals surface area contributed by atoms with Gasteiger partial charge in [0.25, 0.3) is 0 Å². The monoisotopic (exact) mass is 555 g/mol. The van der Waals surface area contributed by atoms with Crippen molar-refractivity contribution in [1.82, 2.24) is 15.1 Å². The van der Waals surface area contributed by atoms with Crippen molar-refractivity contribution in [2.75, 3.05) is 64.9 Å². The van der Waals surface area contributed by atoms with Gasteiger partial charge in [0.15, 0.2) is 5.96 Å². The molecule has 0 aromatic heterocycles. The number of halogens is 1. The molecule has 0 aliphatic carbocycles. The first kappa shape index (κ1) is 25.6. The Morgan fingerprint density at radius 1 is 1.00 bits per heavy atom. The van der Waals surface area contributed by atoms with Crippen LogP contribution in [-0.2, 0) is 11.3 Å². The van der Waals surface area contributed by atoms with Gasteiger partial charge in [-0.2, -0.15) is 0 Å². The molecule has 0 spiro atoms. The van der Waals surface area contributed by atoms with Crippen molar-refractivity contribution in [2.24, 2.45) is 4.99 Å². The summed E-state index contributed by atoms with van der Waals surface area (Å²) in [5.74, 6) is 0.977. The van der Waals surface area contributed by atoms with Crippen LogP contribution in [0.2, 0.25) is 0 Å². The van der Waals surface area contributed by atoms with E-state index in [4.69, 9.17) is 4.74 Å². The van der Waals surface area contributed by atoms with E-state index in [0.717, 1.165) is 45.1 Å². The number of piperidine rings is 1. The number of hydrogen-bond donors (Lipinski definition) is 1. The van der Waals surface area contributed by atoms with Gasteiger partial charge in [-0.25, -0.2) is 0 Å². The molecule has 0 amide bonds. The number of hydrogen-bond acceptors (Lipinski definition) is 4. The first-order valence-electron chi connectivity index (χ1n) is 12.3. The lowest BCUT2D eigenvalue weighted by Crippen LogP contribution is -2.58. The molecule has 3 fully saturated rings. The van der Waals surface area contributed by atoms with E-state index in [2.05, 4.69) is 56.3 Å². The van der Waals surface area contributed by atoms with Crippen molar-refractivity contribution in [1.29, 1.82) is 0 Å². The number of ether oxygens (including phenoxy) is 1. The maximum Gasteiger partial charge on any atom is 0.193 e. The zero-order valence-electron chi connectivity index (χ0n) is 20.0. The Balaban J connectivity index is 0.00000289. The maximum atomic E-state index is 5.70. The van der Waals surface area contributed by atoms with Gasteiger partial charge in [0.1, 0.15) is 0 Å². The van der Waals surface area contributed by atoms with Crippen molar-refractivity contribution >= 4 is 35.6 Å². The standard InChI is InChI=1S/C25H41N5O.HI/c1-26-24(27-21-25(12-18-31-19-13-25)30-16-6-7-17-30)28(2)20-22-8-10-23(11-9-22)29-14-4-3-5-15-29;/h8-11H,3-7,12-21H2,1-2H3,(H,26,27);1H. The number of anilines is 1. The summed E-state index contributed by atoms with van der Waals surface area (Å²) in [4.78, 5) is 12.1. The third-order valence-electron chi connectivity index (χ3n) is 7.43. The number of aliphatic imine (C=N–C) groups is 1. The van der Waals surface area contributed by atoms with Crippen molar-refractivity contribution < 1.29 is 4.74 Å². The van der Waals surface area contributed by atoms with Crippen LogP contribution >= 0.6 is 24.0 Å². The largest absolute Gasteiger partial charge is 0.381 e. The highest BCUT2D eigenvalue weighted by Gasteiger charge is 2.39. The normalized spacial score (nSPS) is 21.8. The van der Waals surface area contributed by atoms with Gasteiger partial charge >= 0.3 is 0 Å². The molecule has 32 heavy (non-hydrogen) atoms. The second-order valence-corrected chi connectivity index (χ2v) is 9.50. The van der Waals surface area contributed by atoms with Crippen LogP contribution in [0.3, 0.4) is 0 Å². The summed E-state index contributed by atoms with van der Waals surface area (Å²) in [5.41, 5.74) is 2.90. The van der Waals surface area contributed by atoms with E-state index in [9.17, 15) is 0 Å². The predicted octanol–water partition coefficient (Wildman–Crippen LogP) is 3.95. The molecule has 0 saturated carbocycles. The zero-order chi connectivity index (χ0) is 21.5. The van der Waals surface area contributed by atoms with E-state index in [1.165, 1.54) is 69.5 Å². The smallest absolute Gasteiger partial charge is 0.193 e. The molecule has 6 nitrogen and oxygen atoms in total. The Bertz CT molecular complexity index is 708. The average Bonchev–Trinajstić information content (AvgIpc) is 3.37. The van der Waals surface area contributed by atoms with Crippen LogP contribution in [0.25, 0.3) is 0 Å². The van der Waals surface area contributed by atoms with Gasteiger partial charge in [-0.15, -0.1) is 24.0 Å². The van der Waals surface area contributed by atoms with Crippen LogP contribution in [0.15, 0.2) is 29.3 Å². The summed E-state index contributed by atoms with van der Waals surface area (Å²) in [6.45, 7) is 8.38. The van der Waals surface area contributed by atoms with Crippen molar-refractivity contribution in [3.8, 4) is 0 Å². The topological polar surface area (TPSA) is 43.3 Å². The Hall–Kier alpha value is -1.06. The second-order valence-electron chi connectivity index (χ2n) is 9.50. The lowest BCUT2D eigenvalue weighted by Gasteiger charge is -2.45. The number of rotatable bonds is 6. The summed E-state index contributed by atoms with van der Waals surface area (Å²) in [5, 5.41) is 3.71. The molecule has 180 valence electrons. The van der Waals surface area contributed by atoms with E-state index in [1.807, 2.05) is 7.05 Å². The van der Waals surface area contributed by atoms with Gasteiger partial charge in [0.05, 0.1) is 0 Å². The van der Waals surface area contributed by atoms with E-state index in [1.54, 1.807) is 0 Å². The van der Waals surface area contributed by atoms with Crippen LogP contribution in [-0.4, -0.2) is 81.3 Å². The first-order valence-corrected chi connectivity index (χ1v) is 12.3. The molecule has 3 heterocycles. The minimum Gasteiger partial charge on any atom is -0.381 e. The predicted molar refractivity (Wildman–Crippen MR) is 144 cm³/mol. The van der Waals surface area contributed by atoms with Gasteiger partial charge < -0.3 is 19.9 Å². The Morgan fingerprint density at radius 2 is 1.62 bits per heavy atom. The molecule has 3 saturated heterocycles. The fourth-order valence-corrected chi connectivity index (χ4v) is 5.49. The number of likely N-dealkylation sites (tertiary alicyclic amines) is 1. The fourth-order valence-electron chi connectivity index (χ4n) is 5.49. The molecule has 0 atom stereocenters. The lowest BCUT2D eigenvalue weighted by molar-refractivity contribution is -0.0166. The summed E-state index contributed by atoms with van der Waals surface area (Å²) in [6, 6.07) is 9.12. The molecule has 1 aromatic carbocycles. The number of guanidine groups is 1. The molecular formula is C25H42IN5O. The first-order chi connectivity index (χ1) is 15.2. The molecular weight excluding hydrogens is 513 g/mol. The van der Waals surface area contributed by atoms with E-state index in [0.29, 0.717) is 0 Å². The fraction of sp³-hybridized carbons (Fsp3) is 0.720. The molecule has 0 radical (unpaired) electrons. The van der Waals surface area contributed by atoms with E-state index < -0.39 is 0 Å². The van der Waals surface area contributed by atoms with Gasteiger partial charge in [-0.1, -0.05) is 12.1 Å². The quantitative estimate of drug-likeness (QED) is 0.327. The second kappa shape index (κ2) is 12.4. The van der Waals surface area contributed by atoms with Crippen LogP contribution in [0.5, 0.6) is 0 Å². The van der Waals surface area contributed by atoms with E-state index >= 15 is 0 Å². The molecule has 0 bridgehead atoms. The third kappa shape index (κ3) is 6.29. The SMILES string of the molecule is CN=C(NCC1(N2CCCC2)CCOCC1)N(C)Cc1ccc(N2CCCCC2)cc1.I. The molecule has 1 N–H and O–H groups in total. The Morgan fingerprint density at radius 3 is 2.25 bits per heavy atom. The highest BCUT2D eigenvalue weighted by atomic mass is 127. The summed E-state index contributed by atoms with van der Waals surface area (Å²) in [7, 11) is 4.03. The van der Waals surface area contributed by atoms with Crippen LogP contribution in [0, 0.1) is 0 Å². The Kier molecular flexibility index (Phi) is 9.92. The highest BCUT2D eigenvalue weighted by Crippen LogP contribution is 2.31. The maximum absolute atomic E-state index is 5.70. The Labute approximate surface area is 211 Å². The van der Waals surface area contributed by atoms with Gasteiger partial charge in [0, 0.05) is 64.7 Å². The molecule has 3 aliphatic heterocycles. The minimum absolute atomic E-state index is 0. The minimum atomic E-state index is 0. The third-order valence-corrected chi connectivity index (χ3v) is 7.43. The average molecular weight is 556 g/mol. The molecule has 1 aromatic rings. The molecule has 4 rings (SSSR count). The summed E-state index contributed by atoms with van der Waals surface area (Å²) >= 11 is 0. The molecule has 7 heteroatoms. The van der Waals surface area contributed by atoms with Crippen molar-refractivity contribution in [3.63, 3.8) is 0 Å². The summed E-state index contributed by atoms with van der Waals surface area (Å²) < 4.78 is 5.70. The van der Waals surface area contributed by atoms with Crippen LogP contribution < -0.4 is 10.2 Å². The summed E-state index contributed by atoms with van der Waals surface area (Å²) in [6.07, 6.45) is 8.87. The van der Waals surface area contributed by atoms with Crippen LogP contribution in [0.4, 0.5) is 5.69 Å². The van der Waals surface area contributed by atoms with Crippen molar-refractivity contribution in [3.05, 3.63) is 29.8 Å². The van der Waals surface area contributed by atoms with Gasteiger partial charge in [-0.05, 0) is 75.7 Å². The zero-order valence-corrected chi connectivity index (χ0v) is 22.4.